The van der Waals surface area contributed by atoms with E-state index in [2.05, 4.69) is 55.2 Å². The van der Waals surface area contributed by atoms with Crippen LogP contribution in [0.5, 0.6) is 0 Å². The molecule has 0 radical (unpaired) electrons. The van der Waals surface area contributed by atoms with Crippen molar-refractivity contribution in [1.29, 1.82) is 0 Å². The van der Waals surface area contributed by atoms with E-state index in [1.165, 1.54) is 18.4 Å². The van der Waals surface area contributed by atoms with Gasteiger partial charge in [0.15, 0.2) is 0 Å². The molecule has 19 heavy (non-hydrogen) atoms. The maximum absolute atomic E-state index is 6.17. The minimum atomic E-state index is 0.162. The topological polar surface area (TPSA) is 30.7 Å². The summed E-state index contributed by atoms with van der Waals surface area (Å²) >= 11 is 6.17. The predicted octanol–water partition coefficient (Wildman–Crippen LogP) is 4.10. The molecule has 3 rings (SSSR count). The Morgan fingerprint density at radius 2 is 1.74 bits per heavy atom. The third-order valence-corrected chi connectivity index (χ3v) is 3.83. The first-order valence-electron chi connectivity index (χ1n) is 6.68. The van der Waals surface area contributed by atoms with Crippen LogP contribution in [0.1, 0.15) is 50.9 Å². The van der Waals surface area contributed by atoms with Gasteiger partial charge >= 0.3 is 0 Å². The summed E-state index contributed by atoms with van der Waals surface area (Å²) in [4.78, 5) is 0. The fourth-order valence-electron chi connectivity index (χ4n) is 2.23. The summed E-state index contributed by atoms with van der Waals surface area (Å²) in [5.41, 5.74) is 2.52. The smallest absolute Gasteiger partial charge is 0.229 e. The van der Waals surface area contributed by atoms with Crippen LogP contribution in [-0.2, 0) is 5.41 Å². The molecular weight excluding hydrogens is 258 g/mol. The first-order chi connectivity index (χ1) is 8.97. The molecule has 1 aliphatic carbocycles. The predicted molar refractivity (Wildman–Crippen MR) is 77.0 cm³/mol. The molecule has 1 fully saturated rings. The fraction of sp³-hybridized carbons (Fsp3) is 0.467. The van der Waals surface area contributed by atoms with Gasteiger partial charge in [0.1, 0.15) is 5.82 Å². The molecule has 0 aliphatic heterocycles. The van der Waals surface area contributed by atoms with E-state index in [9.17, 15) is 0 Å². The molecule has 1 aliphatic rings. The van der Waals surface area contributed by atoms with E-state index >= 15 is 0 Å². The molecule has 1 saturated carbocycles. The maximum Gasteiger partial charge on any atom is 0.229 e. The van der Waals surface area contributed by atoms with Gasteiger partial charge in [0.05, 0.1) is 0 Å². The van der Waals surface area contributed by atoms with Crippen LogP contribution in [0.2, 0.25) is 5.28 Å². The minimum absolute atomic E-state index is 0.162. The Balaban J connectivity index is 2.01. The number of aromatic nitrogens is 3. The van der Waals surface area contributed by atoms with Gasteiger partial charge in [-0.3, -0.25) is 4.57 Å². The SMILES string of the molecule is CC(C)(C)c1ccc(-n2c(Cl)nnc2C2CC2)cc1. The summed E-state index contributed by atoms with van der Waals surface area (Å²) in [6, 6.07) is 8.51. The standard InChI is InChI=1S/C15H18ClN3/c1-15(2,3)11-6-8-12(9-7-11)19-13(10-4-5-10)17-18-14(19)16/h6-10H,4-5H2,1-3H3. The third kappa shape index (κ3) is 2.39. The van der Waals surface area contributed by atoms with Gasteiger partial charge in [0, 0.05) is 11.6 Å². The van der Waals surface area contributed by atoms with Gasteiger partial charge in [-0.05, 0) is 47.6 Å². The number of nitrogens with zero attached hydrogens (tertiary/aromatic N) is 3. The Bertz CT molecular complexity index is 589. The van der Waals surface area contributed by atoms with Crippen molar-refractivity contribution >= 4 is 11.6 Å². The quantitative estimate of drug-likeness (QED) is 0.826. The van der Waals surface area contributed by atoms with Crippen LogP contribution in [0, 0.1) is 0 Å². The first-order valence-corrected chi connectivity index (χ1v) is 7.06. The Morgan fingerprint density at radius 3 is 2.26 bits per heavy atom. The average Bonchev–Trinajstić information content (AvgIpc) is 3.12. The van der Waals surface area contributed by atoms with Crippen molar-refractivity contribution in [3.05, 3.63) is 40.9 Å². The van der Waals surface area contributed by atoms with Crippen LogP contribution < -0.4 is 0 Å². The molecule has 0 amide bonds. The van der Waals surface area contributed by atoms with E-state index in [4.69, 9.17) is 11.6 Å². The molecule has 0 bridgehead atoms. The van der Waals surface area contributed by atoms with Crippen molar-refractivity contribution in [1.82, 2.24) is 14.8 Å². The molecule has 100 valence electrons. The highest BCUT2D eigenvalue weighted by Crippen LogP contribution is 2.40. The van der Waals surface area contributed by atoms with Crippen LogP contribution in [-0.4, -0.2) is 14.8 Å². The van der Waals surface area contributed by atoms with Crippen molar-refractivity contribution in [2.45, 2.75) is 44.9 Å². The summed E-state index contributed by atoms with van der Waals surface area (Å²) in [6.07, 6.45) is 2.38. The van der Waals surface area contributed by atoms with Gasteiger partial charge in [0.2, 0.25) is 5.28 Å². The van der Waals surface area contributed by atoms with Crippen LogP contribution in [0.25, 0.3) is 5.69 Å². The molecule has 0 atom stereocenters. The van der Waals surface area contributed by atoms with Crippen LogP contribution in [0.3, 0.4) is 0 Å². The van der Waals surface area contributed by atoms with Gasteiger partial charge in [0.25, 0.3) is 0 Å². The van der Waals surface area contributed by atoms with Gasteiger partial charge < -0.3 is 0 Å². The van der Waals surface area contributed by atoms with E-state index in [0.29, 0.717) is 11.2 Å². The van der Waals surface area contributed by atoms with Crippen LogP contribution >= 0.6 is 11.6 Å². The van der Waals surface area contributed by atoms with E-state index in [1.807, 2.05) is 4.57 Å². The van der Waals surface area contributed by atoms with Crippen LogP contribution in [0.4, 0.5) is 0 Å². The zero-order valence-electron chi connectivity index (χ0n) is 11.5. The molecule has 1 aromatic carbocycles. The maximum atomic E-state index is 6.17. The number of halogens is 1. The Kier molecular flexibility index (Phi) is 2.90. The van der Waals surface area contributed by atoms with Crippen molar-refractivity contribution in [2.24, 2.45) is 0 Å². The number of benzene rings is 1. The van der Waals surface area contributed by atoms with Gasteiger partial charge in [-0.2, -0.15) is 0 Å². The van der Waals surface area contributed by atoms with E-state index in [1.54, 1.807) is 0 Å². The summed E-state index contributed by atoms with van der Waals surface area (Å²) in [5, 5.41) is 8.66. The lowest BCUT2D eigenvalue weighted by Gasteiger charge is -2.19. The molecule has 0 unspecified atom stereocenters. The van der Waals surface area contributed by atoms with Gasteiger partial charge in [-0.25, -0.2) is 0 Å². The third-order valence-electron chi connectivity index (χ3n) is 3.58. The summed E-state index contributed by atoms with van der Waals surface area (Å²) in [6.45, 7) is 6.64. The second kappa shape index (κ2) is 4.34. The lowest BCUT2D eigenvalue weighted by molar-refractivity contribution is 0.590. The molecule has 0 N–H and O–H groups in total. The Morgan fingerprint density at radius 1 is 1.11 bits per heavy atom. The van der Waals surface area contributed by atoms with Crippen molar-refractivity contribution in [2.75, 3.05) is 0 Å². The minimum Gasteiger partial charge on any atom is -0.270 e. The van der Waals surface area contributed by atoms with Crippen molar-refractivity contribution in [3.63, 3.8) is 0 Å². The molecule has 0 spiro atoms. The second-order valence-corrected chi connectivity index (χ2v) is 6.57. The molecule has 0 saturated heterocycles. The van der Waals surface area contributed by atoms with Gasteiger partial charge in [-0.1, -0.05) is 32.9 Å². The number of rotatable bonds is 2. The molecule has 1 heterocycles. The Hall–Kier alpha value is -1.35. The highest BCUT2D eigenvalue weighted by atomic mass is 35.5. The first kappa shape index (κ1) is 12.7. The van der Waals surface area contributed by atoms with Crippen molar-refractivity contribution in [3.8, 4) is 5.69 Å². The highest BCUT2D eigenvalue weighted by Gasteiger charge is 2.30. The van der Waals surface area contributed by atoms with E-state index in [0.717, 1.165) is 11.5 Å². The zero-order chi connectivity index (χ0) is 13.6. The second-order valence-electron chi connectivity index (χ2n) is 6.23. The zero-order valence-corrected chi connectivity index (χ0v) is 12.3. The molecule has 2 aromatic rings. The summed E-state index contributed by atoms with van der Waals surface area (Å²) in [5.74, 6) is 1.52. The summed E-state index contributed by atoms with van der Waals surface area (Å²) < 4.78 is 1.96. The molecule has 4 heteroatoms. The normalized spacial score (nSPS) is 15.8. The largest absolute Gasteiger partial charge is 0.270 e. The van der Waals surface area contributed by atoms with Crippen molar-refractivity contribution < 1.29 is 0 Å². The Labute approximate surface area is 118 Å². The number of hydrogen-bond donors (Lipinski definition) is 0. The van der Waals surface area contributed by atoms with E-state index in [-0.39, 0.29) is 5.41 Å². The highest BCUT2D eigenvalue weighted by molar-refractivity contribution is 6.28. The van der Waals surface area contributed by atoms with E-state index < -0.39 is 0 Å². The number of hydrogen-bond acceptors (Lipinski definition) is 2. The average molecular weight is 276 g/mol. The molecular formula is C15H18ClN3. The van der Waals surface area contributed by atoms with Gasteiger partial charge in [-0.15, -0.1) is 10.2 Å². The lowest BCUT2D eigenvalue weighted by Crippen LogP contribution is -2.11. The van der Waals surface area contributed by atoms with Crippen LogP contribution in [0.15, 0.2) is 24.3 Å². The molecule has 3 nitrogen and oxygen atoms in total. The summed E-state index contributed by atoms with van der Waals surface area (Å²) in [7, 11) is 0. The fourth-order valence-corrected chi connectivity index (χ4v) is 2.45. The molecule has 1 aromatic heterocycles. The lowest BCUT2D eigenvalue weighted by atomic mass is 9.87. The monoisotopic (exact) mass is 275 g/mol.